The summed E-state index contributed by atoms with van der Waals surface area (Å²) in [5.74, 6) is 0.272. The predicted octanol–water partition coefficient (Wildman–Crippen LogP) is -0.999. The molecule has 3 N–H and O–H groups in total. The van der Waals surface area contributed by atoms with Gasteiger partial charge in [0.1, 0.15) is 18.3 Å². The third-order valence-corrected chi connectivity index (χ3v) is 4.35. The van der Waals surface area contributed by atoms with Crippen molar-refractivity contribution in [3.8, 4) is 0 Å². The minimum Gasteiger partial charge on any atom is -0.394 e. The monoisotopic (exact) mass is 338 g/mol. The SMILES string of the molecule is O=c1nc(/N=C/N2CCCCC2)ccn1[C@@H]1O[C@H](CO)C(O)C1O. The molecular formula is C15H22N4O5. The Morgan fingerprint density at radius 2 is 2.04 bits per heavy atom. The van der Waals surface area contributed by atoms with Crippen LogP contribution in [0.15, 0.2) is 22.1 Å². The number of aliphatic hydroxyl groups excluding tert-OH is 3. The van der Waals surface area contributed by atoms with Gasteiger partial charge in [-0.25, -0.2) is 9.79 Å². The molecule has 0 radical (unpaired) electrons. The number of ether oxygens (including phenoxy) is 1. The Labute approximate surface area is 138 Å². The molecule has 1 aromatic heterocycles. The van der Waals surface area contributed by atoms with E-state index in [9.17, 15) is 15.0 Å². The van der Waals surface area contributed by atoms with Gasteiger partial charge in [0, 0.05) is 19.3 Å². The lowest BCUT2D eigenvalue weighted by Gasteiger charge is -2.23. The molecule has 3 heterocycles. The van der Waals surface area contributed by atoms with Gasteiger partial charge in [-0.15, -0.1) is 0 Å². The summed E-state index contributed by atoms with van der Waals surface area (Å²) in [4.78, 5) is 22.3. The van der Waals surface area contributed by atoms with Crippen LogP contribution in [0, 0.1) is 0 Å². The van der Waals surface area contributed by atoms with Gasteiger partial charge in [0.05, 0.1) is 12.9 Å². The second kappa shape index (κ2) is 7.39. The molecular weight excluding hydrogens is 316 g/mol. The molecule has 0 bridgehead atoms. The van der Waals surface area contributed by atoms with E-state index >= 15 is 0 Å². The van der Waals surface area contributed by atoms with Crippen molar-refractivity contribution in [2.75, 3.05) is 19.7 Å². The molecule has 4 atom stereocenters. The zero-order chi connectivity index (χ0) is 17.1. The topological polar surface area (TPSA) is 120 Å². The van der Waals surface area contributed by atoms with Crippen LogP contribution in [0.1, 0.15) is 25.5 Å². The summed E-state index contributed by atoms with van der Waals surface area (Å²) >= 11 is 0. The zero-order valence-corrected chi connectivity index (χ0v) is 13.2. The van der Waals surface area contributed by atoms with E-state index in [0.717, 1.165) is 30.5 Å². The highest BCUT2D eigenvalue weighted by Gasteiger charge is 2.43. The summed E-state index contributed by atoms with van der Waals surface area (Å²) in [6.07, 6.45) is 2.00. The second-order valence-electron chi connectivity index (χ2n) is 6.05. The molecule has 0 amide bonds. The Bertz CT molecular complexity index is 643. The summed E-state index contributed by atoms with van der Waals surface area (Å²) < 4.78 is 6.41. The third-order valence-electron chi connectivity index (χ3n) is 4.35. The van der Waals surface area contributed by atoms with Crippen LogP contribution < -0.4 is 5.69 Å². The molecule has 2 aliphatic rings. The predicted molar refractivity (Wildman–Crippen MR) is 85.1 cm³/mol. The van der Waals surface area contributed by atoms with Gasteiger partial charge in [-0.2, -0.15) is 4.98 Å². The van der Waals surface area contributed by atoms with E-state index in [1.807, 2.05) is 0 Å². The molecule has 9 heteroatoms. The number of aromatic nitrogens is 2. The summed E-state index contributed by atoms with van der Waals surface area (Å²) in [6, 6.07) is 1.54. The fourth-order valence-corrected chi connectivity index (χ4v) is 2.95. The first kappa shape index (κ1) is 17.0. The highest BCUT2D eigenvalue weighted by Crippen LogP contribution is 2.28. The number of aliphatic hydroxyl groups is 3. The lowest BCUT2D eigenvalue weighted by atomic mass is 10.1. The first-order valence-electron chi connectivity index (χ1n) is 8.10. The van der Waals surface area contributed by atoms with Crippen molar-refractivity contribution in [1.82, 2.24) is 14.5 Å². The Hall–Kier alpha value is -1.81. The molecule has 2 saturated heterocycles. The molecule has 9 nitrogen and oxygen atoms in total. The molecule has 0 aliphatic carbocycles. The molecule has 2 fully saturated rings. The minimum absolute atomic E-state index is 0.272. The maximum atomic E-state index is 12.2. The Morgan fingerprint density at radius 3 is 2.67 bits per heavy atom. The van der Waals surface area contributed by atoms with Crippen LogP contribution in [-0.4, -0.2) is 74.1 Å². The van der Waals surface area contributed by atoms with Crippen LogP contribution in [0.2, 0.25) is 0 Å². The highest BCUT2D eigenvalue weighted by molar-refractivity contribution is 5.59. The summed E-state index contributed by atoms with van der Waals surface area (Å²) in [6.45, 7) is 1.45. The minimum atomic E-state index is -1.32. The van der Waals surface area contributed by atoms with Crippen LogP contribution in [0.5, 0.6) is 0 Å². The van der Waals surface area contributed by atoms with Crippen LogP contribution in [0.3, 0.4) is 0 Å². The number of hydrogen-bond acceptors (Lipinski definition) is 7. The molecule has 1 aromatic rings. The van der Waals surface area contributed by atoms with Gasteiger partial charge in [0.25, 0.3) is 0 Å². The van der Waals surface area contributed by atoms with E-state index in [0.29, 0.717) is 0 Å². The largest absolute Gasteiger partial charge is 0.394 e. The average Bonchev–Trinajstić information content (AvgIpc) is 2.89. The second-order valence-corrected chi connectivity index (χ2v) is 6.05. The highest BCUT2D eigenvalue weighted by atomic mass is 16.6. The first-order valence-corrected chi connectivity index (χ1v) is 8.10. The van der Waals surface area contributed by atoms with Crippen molar-refractivity contribution in [3.63, 3.8) is 0 Å². The van der Waals surface area contributed by atoms with Crippen LogP contribution in [0.4, 0.5) is 5.82 Å². The maximum Gasteiger partial charge on any atom is 0.351 e. The van der Waals surface area contributed by atoms with Crippen molar-refractivity contribution in [2.24, 2.45) is 4.99 Å². The van der Waals surface area contributed by atoms with Gasteiger partial charge in [-0.3, -0.25) is 4.57 Å². The van der Waals surface area contributed by atoms with E-state index in [2.05, 4.69) is 14.9 Å². The Balaban J connectivity index is 1.73. The summed E-state index contributed by atoms with van der Waals surface area (Å²) in [7, 11) is 0. The van der Waals surface area contributed by atoms with Crippen molar-refractivity contribution in [3.05, 3.63) is 22.7 Å². The number of nitrogens with zero attached hydrogens (tertiary/aromatic N) is 4. The van der Waals surface area contributed by atoms with Crippen molar-refractivity contribution < 1.29 is 20.1 Å². The lowest BCUT2D eigenvalue weighted by molar-refractivity contribution is -0.0549. The van der Waals surface area contributed by atoms with Crippen molar-refractivity contribution >= 4 is 12.2 Å². The molecule has 2 aliphatic heterocycles. The molecule has 0 spiro atoms. The van der Waals surface area contributed by atoms with Gasteiger partial charge in [0.15, 0.2) is 12.0 Å². The van der Waals surface area contributed by atoms with E-state index in [1.54, 1.807) is 6.34 Å². The maximum absolute atomic E-state index is 12.2. The number of aliphatic imine (C=N–C) groups is 1. The fraction of sp³-hybridized carbons (Fsp3) is 0.667. The molecule has 0 aromatic carbocycles. The van der Waals surface area contributed by atoms with Crippen LogP contribution in [0.25, 0.3) is 0 Å². The van der Waals surface area contributed by atoms with E-state index in [1.165, 1.54) is 18.7 Å². The Kier molecular flexibility index (Phi) is 5.24. The van der Waals surface area contributed by atoms with Gasteiger partial charge in [-0.1, -0.05) is 0 Å². The third kappa shape index (κ3) is 3.48. The number of likely N-dealkylation sites (tertiary alicyclic amines) is 1. The Morgan fingerprint density at radius 1 is 1.29 bits per heavy atom. The zero-order valence-electron chi connectivity index (χ0n) is 13.2. The van der Waals surface area contributed by atoms with Crippen LogP contribution >= 0.6 is 0 Å². The van der Waals surface area contributed by atoms with Crippen LogP contribution in [-0.2, 0) is 4.74 Å². The molecule has 24 heavy (non-hydrogen) atoms. The number of rotatable bonds is 4. The number of piperidine rings is 1. The van der Waals surface area contributed by atoms with Gasteiger partial charge < -0.3 is 25.0 Å². The first-order chi connectivity index (χ1) is 11.6. The van der Waals surface area contributed by atoms with Crippen molar-refractivity contribution in [1.29, 1.82) is 0 Å². The average molecular weight is 338 g/mol. The fourth-order valence-electron chi connectivity index (χ4n) is 2.95. The normalized spacial score (nSPS) is 31.0. The van der Waals surface area contributed by atoms with E-state index in [-0.39, 0.29) is 5.82 Å². The quantitative estimate of drug-likeness (QED) is 0.476. The standard InChI is InChI=1S/C15H22N4O5/c20-8-10-12(21)13(22)14(24-10)19-7-4-11(17-15(19)23)16-9-18-5-2-1-3-6-18/h4,7,9-10,12-14,20-22H,1-3,5-6,8H2/b16-9+/t10-,12?,13?,14-/m1/s1. The number of hydrogen-bond donors (Lipinski definition) is 3. The van der Waals surface area contributed by atoms with Crippen molar-refractivity contribution in [2.45, 2.75) is 43.8 Å². The summed E-state index contributed by atoms with van der Waals surface area (Å²) in [5, 5.41) is 28.8. The molecule has 3 rings (SSSR count). The smallest absolute Gasteiger partial charge is 0.351 e. The molecule has 132 valence electrons. The van der Waals surface area contributed by atoms with Gasteiger partial charge >= 0.3 is 5.69 Å². The summed E-state index contributed by atoms with van der Waals surface area (Å²) in [5.41, 5.74) is -0.641. The van der Waals surface area contributed by atoms with E-state index in [4.69, 9.17) is 9.84 Å². The molecule has 2 unspecified atom stereocenters. The molecule has 0 saturated carbocycles. The lowest BCUT2D eigenvalue weighted by Crippen LogP contribution is -2.35. The van der Waals surface area contributed by atoms with Gasteiger partial charge in [0.2, 0.25) is 0 Å². The van der Waals surface area contributed by atoms with Gasteiger partial charge in [-0.05, 0) is 25.3 Å². The van der Waals surface area contributed by atoms with E-state index < -0.39 is 36.8 Å².